The van der Waals surface area contributed by atoms with E-state index in [1.165, 1.54) is 0 Å². The molecule has 2 heterocycles. The molecule has 0 bridgehead atoms. The van der Waals surface area contributed by atoms with Gasteiger partial charge in [0.15, 0.2) is 5.82 Å². The van der Waals surface area contributed by atoms with Crippen LogP contribution >= 0.6 is 34.8 Å². The number of nitrogens with zero attached hydrogens (tertiary/aromatic N) is 3. The Balaban J connectivity index is 1.80. The third-order valence-electron chi connectivity index (χ3n) is 5.23. The molecule has 0 unspecified atom stereocenters. The summed E-state index contributed by atoms with van der Waals surface area (Å²) in [4.78, 5) is 33.8. The lowest BCUT2D eigenvalue weighted by molar-refractivity contribution is 0.0526. The summed E-state index contributed by atoms with van der Waals surface area (Å²) < 4.78 is 6.61. The van der Waals surface area contributed by atoms with Gasteiger partial charge in [-0.2, -0.15) is 4.98 Å². The normalized spacial score (nSPS) is 11.4. The van der Waals surface area contributed by atoms with E-state index in [0.717, 1.165) is 5.56 Å². The first kappa shape index (κ1) is 24.3. The van der Waals surface area contributed by atoms with Gasteiger partial charge < -0.3 is 4.74 Å². The quantitative estimate of drug-likeness (QED) is 0.320. The van der Waals surface area contributed by atoms with Gasteiger partial charge in [-0.25, -0.2) is 14.5 Å². The average Bonchev–Trinajstić information content (AvgIpc) is 3.14. The van der Waals surface area contributed by atoms with Crippen molar-refractivity contribution in [3.05, 3.63) is 84.5 Å². The second-order valence-corrected chi connectivity index (χ2v) is 9.22. The number of benzene rings is 2. The van der Waals surface area contributed by atoms with Gasteiger partial charge in [-0.15, -0.1) is 0 Å². The van der Waals surface area contributed by atoms with E-state index < -0.39 is 5.56 Å². The lowest BCUT2D eigenvalue weighted by Crippen LogP contribution is -2.18. The van der Waals surface area contributed by atoms with E-state index in [1.807, 2.05) is 13.8 Å². The molecule has 2 aromatic carbocycles. The van der Waals surface area contributed by atoms with Crippen LogP contribution in [-0.4, -0.2) is 32.3 Å². The van der Waals surface area contributed by atoms with Gasteiger partial charge in [-0.3, -0.25) is 9.89 Å². The number of nitrogens with one attached hydrogen (secondary N) is 1. The summed E-state index contributed by atoms with van der Waals surface area (Å²) in [5.74, 6) is 0.296. The zero-order valence-corrected chi connectivity index (χ0v) is 20.9. The first-order valence-electron chi connectivity index (χ1n) is 10.6. The van der Waals surface area contributed by atoms with E-state index in [1.54, 1.807) is 48.0 Å². The number of aromatic nitrogens is 4. The average molecular weight is 520 g/mol. The minimum atomic E-state index is -0.400. The number of H-pyrrole nitrogens is 1. The van der Waals surface area contributed by atoms with Crippen LogP contribution in [0.2, 0.25) is 15.1 Å². The van der Waals surface area contributed by atoms with Crippen molar-refractivity contribution in [2.24, 2.45) is 0 Å². The largest absolute Gasteiger partial charge is 0.462 e. The fourth-order valence-electron chi connectivity index (χ4n) is 3.66. The number of aromatic amines is 1. The highest BCUT2D eigenvalue weighted by Gasteiger charge is 2.27. The van der Waals surface area contributed by atoms with Gasteiger partial charge in [-0.1, -0.05) is 60.8 Å². The molecule has 1 N–H and O–H groups in total. The monoisotopic (exact) mass is 518 g/mol. The third kappa shape index (κ3) is 4.69. The van der Waals surface area contributed by atoms with Crippen molar-refractivity contribution in [3.8, 4) is 17.1 Å². The number of halogens is 3. The lowest BCUT2D eigenvalue weighted by atomic mass is 10.1. The van der Waals surface area contributed by atoms with Gasteiger partial charge in [0.2, 0.25) is 0 Å². The Labute approximate surface area is 211 Å². The van der Waals surface area contributed by atoms with Crippen LogP contribution in [0.15, 0.2) is 41.2 Å². The van der Waals surface area contributed by atoms with Gasteiger partial charge in [0.05, 0.1) is 27.9 Å². The van der Waals surface area contributed by atoms with Crippen LogP contribution in [0.5, 0.6) is 0 Å². The van der Waals surface area contributed by atoms with E-state index in [4.69, 9.17) is 39.5 Å². The van der Waals surface area contributed by atoms with E-state index in [9.17, 15) is 9.59 Å². The molecule has 2 aromatic rings. The Hall–Kier alpha value is -2.87. The molecule has 0 aliphatic carbocycles. The zero-order chi connectivity index (χ0) is 24.6. The number of carbonyl (C=O) groups is 1. The standard InChI is InChI=1S/C24H21Cl3N4O3/c1-4-34-24(33)14-7-5-13(6-8-14)9-18-28-22-19(23(32)29-18)20(12(2)3)30-31(22)21-16(26)10-15(25)11-17(21)27/h5-8,10-12,30H,4,9H2,1-3H3. The van der Waals surface area contributed by atoms with E-state index in [2.05, 4.69) is 15.1 Å². The molecular formula is C24H21Cl3N4O3. The minimum absolute atomic E-state index is 0.00817. The molecule has 7 nitrogen and oxygen atoms in total. The number of carbonyl (C=O) groups excluding carboxylic acids is 1. The van der Waals surface area contributed by atoms with Crippen molar-refractivity contribution in [1.82, 2.24) is 19.7 Å². The first-order chi connectivity index (χ1) is 16.2. The fraction of sp³-hybridized carbons (Fsp3) is 0.250. The summed E-state index contributed by atoms with van der Waals surface area (Å²) in [7, 11) is 0. The molecule has 0 fully saturated rings. The van der Waals surface area contributed by atoms with Gasteiger partial charge >= 0.3 is 5.97 Å². The highest BCUT2D eigenvalue weighted by Crippen LogP contribution is 2.36. The van der Waals surface area contributed by atoms with Crippen molar-refractivity contribution in [2.45, 2.75) is 33.1 Å². The molecular weight excluding hydrogens is 499 g/mol. The van der Waals surface area contributed by atoms with Crippen molar-refractivity contribution >= 4 is 40.8 Å². The highest BCUT2D eigenvalue weighted by atomic mass is 35.5. The van der Waals surface area contributed by atoms with Crippen molar-refractivity contribution in [1.29, 1.82) is 0 Å². The summed E-state index contributed by atoms with van der Waals surface area (Å²) >= 11 is 19.0. The SMILES string of the molecule is CCOC(=O)c1ccc(Cc2nc3n(-c4c(Cl)cc(Cl)cc4Cl)[nH]c(C(C)C)c-3c(=O)n2)cc1. The molecule has 4 rings (SSSR count). The Morgan fingerprint density at radius 3 is 2.32 bits per heavy atom. The molecule has 2 aliphatic rings. The molecule has 10 heteroatoms. The van der Waals surface area contributed by atoms with E-state index >= 15 is 0 Å². The van der Waals surface area contributed by atoms with E-state index in [0.29, 0.717) is 62.3 Å². The van der Waals surface area contributed by atoms with Crippen LogP contribution in [-0.2, 0) is 11.2 Å². The first-order valence-corrected chi connectivity index (χ1v) is 11.8. The van der Waals surface area contributed by atoms with Gasteiger partial charge in [0, 0.05) is 11.4 Å². The molecule has 176 valence electrons. The Morgan fingerprint density at radius 2 is 1.74 bits per heavy atom. The fourth-order valence-corrected chi connectivity index (χ4v) is 4.65. The molecule has 0 spiro atoms. The van der Waals surface area contributed by atoms with Crippen LogP contribution in [0, 0.1) is 0 Å². The molecule has 0 radical (unpaired) electrons. The minimum Gasteiger partial charge on any atom is -0.462 e. The Kier molecular flexibility index (Phi) is 6.98. The second kappa shape index (κ2) is 9.78. The number of ether oxygens (including phenoxy) is 1. The summed E-state index contributed by atoms with van der Waals surface area (Å²) in [6.07, 6.45) is 0.290. The summed E-state index contributed by atoms with van der Waals surface area (Å²) in [5.41, 5.74) is 2.37. The van der Waals surface area contributed by atoms with Crippen molar-refractivity contribution in [3.63, 3.8) is 0 Å². The smallest absolute Gasteiger partial charge is 0.338 e. The number of fused-ring (bicyclic) bond motifs is 1. The van der Waals surface area contributed by atoms with E-state index in [-0.39, 0.29) is 11.9 Å². The molecule has 0 saturated heterocycles. The molecule has 34 heavy (non-hydrogen) atoms. The van der Waals surface area contributed by atoms with Gasteiger partial charge in [0.1, 0.15) is 17.1 Å². The molecule has 0 atom stereocenters. The van der Waals surface area contributed by atoms with Crippen LogP contribution in [0.1, 0.15) is 54.1 Å². The summed E-state index contributed by atoms with van der Waals surface area (Å²) in [6, 6.07) is 10.0. The van der Waals surface area contributed by atoms with Gasteiger partial charge in [-0.05, 0) is 42.7 Å². The van der Waals surface area contributed by atoms with Crippen LogP contribution in [0.25, 0.3) is 17.1 Å². The van der Waals surface area contributed by atoms with Crippen molar-refractivity contribution < 1.29 is 9.53 Å². The third-order valence-corrected chi connectivity index (χ3v) is 6.02. The summed E-state index contributed by atoms with van der Waals surface area (Å²) in [5, 5.41) is 4.23. The number of hydrogen-bond acceptors (Lipinski definition) is 5. The molecule has 2 aliphatic heterocycles. The van der Waals surface area contributed by atoms with Gasteiger partial charge in [0.25, 0.3) is 5.56 Å². The second-order valence-electron chi connectivity index (χ2n) is 7.97. The van der Waals surface area contributed by atoms with Crippen LogP contribution < -0.4 is 5.56 Å². The molecule has 0 amide bonds. The number of hydrogen-bond donors (Lipinski definition) is 1. The Morgan fingerprint density at radius 1 is 1.09 bits per heavy atom. The Bertz CT molecular complexity index is 1370. The maximum atomic E-state index is 13.1. The predicted molar refractivity (Wildman–Crippen MR) is 133 cm³/mol. The number of rotatable bonds is 6. The van der Waals surface area contributed by atoms with Crippen molar-refractivity contribution in [2.75, 3.05) is 6.61 Å². The van der Waals surface area contributed by atoms with Crippen LogP contribution in [0.3, 0.4) is 0 Å². The predicted octanol–water partition coefficient (Wildman–Crippen LogP) is 5.91. The maximum Gasteiger partial charge on any atom is 0.338 e. The maximum absolute atomic E-state index is 13.1. The molecule has 0 aromatic heterocycles. The highest BCUT2D eigenvalue weighted by molar-refractivity contribution is 6.40. The molecule has 0 saturated carbocycles. The van der Waals surface area contributed by atoms with Crippen LogP contribution in [0.4, 0.5) is 0 Å². The lowest BCUT2D eigenvalue weighted by Gasteiger charge is -2.11. The zero-order valence-electron chi connectivity index (χ0n) is 18.7. The topological polar surface area (TPSA) is 89.9 Å². The number of esters is 1. The summed E-state index contributed by atoms with van der Waals surface area (Å²) in [6.45, 7) is 5.97.